The second kappa shape index (κ2) is 3.83. The van der Waals surface area contributed by atoms with Crippen molar-refractivity contribution >= 4 is 5.91 Å². The molecule has 14 heavy (non-hydrogen) atoms. The van der Waals surface area contributed by atoms with Crippen molar-refractivity contribution in [1.29, 1.82) is 5.26 Å². The number of halogens is 2. The highest BCUT2D eigenvalue weighted by Gasteiger charge is 2.14. The number of hydrogen-bond donors (Lipinski definition) is 1. The van der Waals surface area contributed by atoms with Crippen molar-refractivity contribution in [1.82, 2.24) is 5.32 Å². The summed E-state index contributed by atoms with van der Waals surface area (Å²) in [5.41, 5.74) is -0.699. The molecule has 0 bridgehead atoms. The first-order chi connectivity index (χ1) is 6.60. The summed E-state index contributed by atoms with van der Waals surface area (Å²) < 4.78 is 25.8. The van der Waals surface area contributed by atoms with Crippen LogP contribution in [0.2, 0.25) is 0 Å². The molecule has 0 spiro atoms. The van der Waals surface area contributed by atoms with Crippen LogP contribution in [0, 0.1) is 23.0 Å². The van der Waals surface area contributed by atoms with E-state index in [2.05, 4.69) is 5.32 Å². The Hall–Kier alpha value is -1.96. The van der Waals surface area contributed by atoms with Crippen LogP contribution in [0.3, 0.4) is 0 Å². The maximum atomic E-state index is 13.0. The third kappa shape index (κ3) is 1.69. The Morgan fingerprint density at radius 1 is 1.43 bits per heavy atom. The number of nitriles is 1. The summed E-state index contributed by atoms with van der Waals surface area (Å²) in [6, 6.07) is 2.92. The summed E-state index contributed by atoms with van der Waals surface area (Å²) in [4.78, 5) is 11.0. The number of rotatable bonds is 1. The molecule has 0 fully saturated rings. The standard InChI is InChI=1S/C9H6F2N2O/c1-13-9(14)6-2-5(4-12)7(10)3-8(6)11/h2-3H,1H3,(H,13,14). The zero-order valence-electron chi connectivity index (χ0n) is 7.27. The van der Waals surface area contributed by atoms with Crippen molar-refractivity contribution in [3.63, 3.8) is 0 Å². The van der Waals surface area contributed by atoms with Gasteiger partial charge in [0.05, 0.1) is 11.1 Å². The highest BCUT2D eigenvalue weighted by Crippen LogP contribution is 2.13. The van der Waals surface area contributed by atoms with Gasteiger partial charge in [0.1, 0.15) is 17.7 Å². The topological polar surface area (TPSA) is 52.9 Å². The van der Waals surface area contributed by atoms with E-state index in [-0.39, 0.29) is 11.1 Å². The van der Waals surface area contributed by atoms with Gasteiger partial charge in [0.2, 0.25) is 0 Å². The maximum Gasteiger partial charge on any atom is 0.254 e. The second-order valence-electron chi connectivity index (χ2n) is 2.50. The summed E-state index contributed by atoms with van der Waals surface area (Å²) >= 11 is 0. The van der Waals surface area contributed by atoms with Gasteiger partial charge in [-0.1, -0.05) is 0 Å². The molecule has 0 aliphatic rings. The molecule has 1 rings (SSSR count). The Labute approximate surface area is 79.0 Å². The average Bonchev–Trinajstić information content (AvgIpc) is 2.17. The first-order valence-electron chi connectivity index (χ1n) is 3.71. The Bertz CT molecular complexity index is 424. The number of amides is 1. The quantitative estimate of drug-likeness (QED) is 0.733. The highest BCUT2D eigenvalue weighted by atomic mass is 19.1. The zero-order chi connectivity index (χ0) is 10.7. The monoisotopic (exact) mass is 196 g/mol. The van der Waals surface area contributed by atoms with Crippen molar-refractivity contribution < 1.29 is 13.6 Å². The van der Waals surface area contributed by atoms with Crippen LogP contribution in [0.5, 0.6) is 0 Å². The smallest absolute Gasteiger partial charge is 0.254 e. The van der Waals surface area contributed by atoms with E-state index in [0.29, 0.717) is 6.07 Å². The number of carbonyl (C=O) groups excluding carboxylic acids is 1. The molecular weight excluding hydrogens is 190 g/mol. The van der Waals surface area contributed by atoms with E-state index < -0.39 is 17.5 Å². The van der Waals surface area contributed by atoms with Crippen LogP contribution in [0.15, 0.2) is 12.1 Å². The lowest BCUT2D eigenvalue weighted by atomic mass is 10.1. The van der Waals surface area contributed by atoms with Gasteiger partial charge in [-0.3, -0.25) is 4.79 Å². The number of carbonyl (C=O) groups is 1. The molecule has 3 nitrogen and oxygen atoms in total. The van der Waals surface area contributed by atoms with Crippen molar-refractivity contribution in [2.75, 3.05) is 7.05 Å². The van der Waals surface area contributed by atoms with Crippen LogP contribution >= 0.6 is 0 Å². The molecule has 0 saturated heterocycles. The van der Waals surface area contributed by atoms with E-state index in [9.17, 15) is 13.6 Å². The number of nitrogens with one attached hydrogen (secondary N) is 1. The van der Waals surface area contributed by atoms with Crippen LogP contribution in [0.4, 0.5) is 8.78 Å². The molecule has 0 aliphatic carbocycles. The van der Waals surface area contributed by atoms with Gasteiger partial charge in [-0.15, -0.1) is 0 Å². The predicted octanol–water partition coefficient (Wildman–Crippen LogP) is 1.20. The first kappa shape index (κ1) is 10.1. The molecule has 1 N–H and O–H groups in total. The minimum atomic E-state index is -0.985. The highest BCUT2D eigenvalue weighted by molar-refractivity contribution is 5.94. The number of nitrogens with zero attached hydrogens (tertiary/aromatic N) is 1. The van der Waals surface area contributed by atoms with Crippen molar-refractivity contribution in [2.45, 2.75) is 0 Å². The summed E-state index contributed by atoms with van der Waals surface area (Å²) in [7, 11) is 1.32. The fourth-order valence-electron chi connectivity index (χ4n) is 0.943. The zero-order valence-corrected chi connectivity index (χ0v) is 7.27. The molecule has 0 unspecified atom stereocenters. The molecule has 0 saturated carbocycles. The van der Waals surface area contributed by atoms with Gasteiger partial charge in [-0.05, 0) is 6.07 Å². The second-order valence-corrected chi connectivity index (χ2v) is 2.50. The molecule has 0 aliphatic heterocycles. The van der Waals surface area contributed by atoms with E-state index in [1.165, 1.54) is 13.1 Å². The lowest BCUT2D eigenvalue weighted by Crippen LogP contribution is -2.19. The molecule has 0 atom stereocenters. The van der Waals surface area contributed by atoms with E-state index in [4.69, 9.17) is 5.26 Å². The third-order valence-corrected chi connectivity index (χ3v) is 1.65. The molecule has 72 valence electrons. The van der Waals surface area contributed by atoms with Gasteiger partial charge in [0, 0.05) is 13.1 Å². The molecule has 0 heterocycles. The van der Waals surface area contributed by atoms with Crippen LogP contribution in [-0.4, -0.2) is 13.0 Å². The fraction of sp³-hybridized carbons (Fsp3) is 0.111. The molecule has 0 radical (unpaired) electrons. The first-order valence-corrected chi connectivity index (χ1v) is 3.71. The van der Waals surface area contributed by atoms with Gasteiger partial charge < -0.3 is 5.32 Å². The van der Waals surface area contributed by atoms with Crippen molar-refractivity contribution in [3.05, 3.63) is 34.9 Å². The van der Waals surface area contributed by atoms with E-state index in [0.717, 1.165) is 6.07 Å². The van der Waals surface area contributed by atoms with Gasteiger partial charge in [-0.2, -0.15) is 5.26 Å². The van der Waals surface area contributed by atoms with Crippen molar-refractivity contribution in [2.24, 2.45) is 0 Å². The normalized spacial score (nSPS) is 9.29. The Morgan fingerprint density at radius 3 is 2.57 bits per heavy atom. The predicted molar refractivity (Wildman–Crippen MR) is 44.5 cm³/mol. The minimum absolute atomic E-state index is 0.342. The molecular formula is C9H6F2N2O. The van der Waals surface area contributed by atoms with Gasteiger partial charge >= 0.3 is 0 Å². The minimum Gasteiger partial charge on any atom is -0.355 e. The maximum absolute atomic E-state index is 13.0. The summed E-state index contributed by atoms with van der Waals surface area (Å²) in [5, 5.41) is 10.6. The van der Waals surface area contributed by atoms with Gasteiger partial charge in [0.15, 0.2) is 0 Å². The van der Waals surface area contributed by atoms with E-state index in [1.807, 2.05) is 0 Å². The lowest BCUT2D eigenvalue weighted by molar-refractivity contribution is 0.0959. The van der Waals surface area contributed by atoms with E-state index in [1.54, 1.807) is 0 Å². The molecule has 5 heteroatoms. The van der Waals surface area contributed by atoms with Crippen LogP contribution in [0.1, 0.15) is 15.9 Å². The molecule has 0 aromatic heterocycles. The van der Waals surface area contributed by atoms with Gasteiger partial charge in [0.25, 0.3) is 5.91 Å². The summed E-state index contributed by atoms with van der Waals surface area (Å²) in [6.07, 6.45) is 0. The Morgan fingerprint density at radius 2 is 2.07 bits per heavy atom. The van der Waals surface area contributed by atoms with Crippen LogP contribution in [-0.2, 0) is 0 Å². The fourth-order valence-corrected chi connectivity index (χ4v) is 0.943. The van der Waals surface area contributed by atoms with Crippen LogP contribution < -0.4 is 5.32 Å². The molecule has 1 amide bonds. The average molecular weight is 196 g/mol. The summed E-state index contributed by atoms with van der Waals surface area (Å²) in [5.74, 6) is -2.66. The molecule has 1 aromatic rings. The third-order valence-electron chi connectivity index (χ3n) is 1.65. The van der Waals surface area contributed by atoms with Gasteiger partial charge in [-0.25, -0.2) is 8.78 Å². The Kier molecular flexibility index (Phi) is 2.77. The number of benzene rings is 1. The SMILES string of the molecule is CNC(=O)c1cc(C#N)c(F)cc1F. The largest absolute Gasteiger partial charge is 0.355 e. The van der Waals surface area contributed by atoms with Crippen LogP contribution in [0.25, 0.3) is 0 Å². The lowest BCUT2D eigenvalue weighted by Gasteiger charge is -2.02. The molecule has 1 aromatic carbocycles. The summed E-state index contributed by atoms with van der Waals surface area (Å²) in [6.45, 7) is 0. The van der Waals surface area contributed by atoms with E-state index >= 15 is 0 Å². The number of hydrogen-bond acceptors (Lipinski definition) is 2. The van der Waals surface area contributed by atoms with Crippen molar-refractivity contribution in [3.8, 4) is 6.07 Å². The Balaban J connectivity index is 3.33.